The predicted molar refractivity (Wildman–Crippen MR) is 68.6 cm³/mol. The fourth-order valence-electron chi connectivity index (χ4n) is 1.29. The predicted octanol–water partition coefficient (Wildman–Crippen LogP) is 0.970. The van der Waals surface area contributed by atoms with Gasteiger partial charge in [-0.1, -0.05) is 19.1 Å². The van der Waals surface area contributed by atoms with Gasteiger partial charge in [0, 0.05) is 12.2 Å². The van der Waals surface area contributed by atoms with E-state index in [9.17, 15) is 13.2 Å². The Kier molecular flexibility index (Phi) is 5.11. The van der Waals surface area contributed by atoms with Gasteiger partial charge < -0.3 is 5.11 Å². The lowest BCUT2D eigenvalue weighted by molar-refractivity contribution is -0.136. The fraction of sp³-hybridized carbons (Fsp3) is 0.364. The molecule has 0 aliphatic carbocycles. The van der Waals surface area contributed by atoms with Gasteiger partial charge in [0.05, 0.1) is 6.42 Å². The van der Waals surface area contributed by atoms with Crippen LogP contribution < -0.4 is 9.44 Å². The summed E-state index contributed by atoms with van der Waals surface area (Å²) in [6, 6.07) is 6.21. The normalized spacial score (nSPS) is 11.2. The molecule has 0 fully saturated rings. The van der Waals surface area contributed by atoms with Gasteiger partial charge in [0.1, 0.15) is 0 Å². The molecule has 1 aromatic carbocycles. The van der Waals surface area contributed by atoms with Crippen LogP contribution in [0.25, 0.3) is 0 Å². The van der Waals surface area contributed by atoms with E-state index in [2.05, 4.69) is 9.44 Å². The van der Waals surface area contributed by atoms with Gasteiger partial charge >= 0.3 is 5.97 Å². The number of benzene rings is 1. The maximum absolute atomic E-state index is 11.5. The molecule has 0 heterocycles. The zero-order chi connectivity index (χ0) is 13.6. The molecule has 0 aliphatic rings. The molecule has 6 nitrogen and oxygen atoms in total. The van der Waals surface area contributed by atoms with Crippen LogP contribution in [0.15, 0.2) is 24.3 Å². The fourth-order valence-corrected chi connectivity index (χ4v) is 2.28. The summed E-state index contributed by atoms with van der Waals surface area (Å²) in [4.78, 5) is 10.5. The number of anilines is 1. The quantitative estimate of drug-likeness (QED) is 0.689. The van der Waals surface area contributed by atoms with Gasteiger partial charge in [-0.3, -0.25) is 9.52 Å². The van der Waals surface area contributed by atoms with Crippen molar-refractivity contribution in [1.29, 1.82) is 0 Å². The molecule has 100 valence electrons. The summed E-state index contributed by atoms with van der Waals surface area (Å²) in [6.07, 6.45) is 0.625. The first-order chi connectivity index (χ1) is 8.43. The van der Waals surface area contributed by atoms with Gasteiger partial charge in [0.25, 0.3) is 10.2 Å². The summed E-state index contributed by atoms with van der Waals surface area (Å²) in [5.74, 6) is -0.923. The van der Waals surface area contributed by atoms with Crippen LogP contribution in [0.3, 0.4) is 0 Å². The van der Waals surface area contributed by atoms with Gasteiger partial charge in [0.2, 0.25) is 0 Å². The maximum atomic E-state index is 11.5. The zero-order valence-corrected chi connectivity index (χ0v) is 10.8. The van der Waals surface area contributed by atoms with Crippen LogP contribution in [-0.4, -0.2) is 26.0 Å². The van der Waals surface area contributed by atoms with E-state index in [1.165, 1.54) is 12.1 Å². The highest BCUT2D eigenvalue weighted by atomic mass is 32.2. The maximum Gasteiger partial charge on any atom is 0.307 e. The second-order valence-electron chi connectivity index (χ2n) is 3.77. The van der Waals surface area contributed by atoms with Crippen molar-refractivity contribution in [2.75, 3.05) is 11.3 Å². The molecule has 0 aliphatic heterocycles. The Hall–Kier alpha value is -1.60. The summed E-state index contributed by atoms with van der Waals surface area (Å²) in [5.41, 5.74) is 1.01. The Morgan fingerprint density at radius 2 is 1.89 bits per heavy atom. The molecule has 0 amide bonds. The summed E-state index contributed by atoms with van der Waals surface area (Å²) in [6.45, 7) is 2.23. The Morgan fingerprint density at radius 3 is 2.39 bits per heavy atom. The summed E-state index contributed by atoms with van der Waals surface area (Å²) in [5, 5.41) is 8.60. The smallest absolute Gasteiger partial charge is 0.307 e. The first-order valence-corrected chi connectivity index (χ1v) is 6.99. The number of aliphatic carboxylic acids is 1. The largest absolute Gasteiger partial charge is 0.481 e. The van der Waals surface area contributed by atoms with Crippen molar-refractivity contribution in [3.63, 3.8) is 0 Å². The van der Waals surface area contributed by atoms with Crippen molar-refractivity contribution in [2.45, 2.75) is 19.8 Å². The van der Waals surface area contributed by atoms with Gasteiger partial charge in [-0.2, -0.15) is 13.1 Å². The minimum absolute atomic E-state index is 0.0822. The second-order valence-corrected chi connectivity index (χ2v) is 5.27. The van der Waals surface area contributed by atoms with E-state index in [0.29, 0.717) is 24.2 Å². The summed E-state index contributed by atoms with van der Waals surface area (Å²) in [7, 11) is -3.55. The Labute approximate surface area is 106 Å². The van der Waals surface area contributed by atoms with E-state index in [4.69, 9.17) is 5.11 Å². The van der Waals surface area contributed by atoms with Crippen LogP contribution in [0, 0.1) is 0 Å². The molecule has 7 heteroatoms. The number of nitrogens with one attached hydrogen (secondary N) is 2. The highest BCUT2D eigenvalue weighted by Gasteiger charge is 2.08. The minimum atomic E-state index is -3.55. The van der Waals surface area contributed by atoms with Gasteiger partial charge in [-0.15, -0.1) is 0 Å². The number of carboxylic acid groups (broad SMARTS) is 1. The van der Waals surface area contributed by atoms with E-state index in [0.717, 1.165) is 0 Å². The Bertz CT molecular complexity index is 496. The average Bonchev–Trinajstić information content (AvgIpc) is 2.28. The molecule has 0 saturated heterocycles. The third-order valence-electron chi connectivity index (χ3n) is 2.10. The van der Waals surface area contributed by atoms with Gasteiger partial charge in [-0.25, -0.2) is 0 Å². The SMILES string of the molecule is CCCNS(=O)(=O)Nc1ccc(CC(=O)O)cc1. The topological polar surface area (TPSA) is 95.5 Å². The van der Waals surface area contributed by atoms with E-state index in [1.807, 2.05) is 6.92 Å². The van der Waals surface area contributed by atoms with Crippen molar-refractivity contribution in [3.8, 4) is 0 Å². The third kappa shape index (κ3) is 5.15. The lowest BCUT2D eigenvalue weighted by Crippen LogP contribution is -2.30. The average molecular weight is 272 g/mol. The van der Waals surface area contributed by atoms with Crippen molar-refractivity contribution < 1.29 is 18.3 Å². The zero-order valence-electron chi connectivity index (χ0n) is 10.0. The summed E-state index contributed by atoms with van der Waals surface area (Å²) >= 11 is 0. The van der Waals surface area contributed by atoms with E-state index < -0.39 is 16.2 Å². The van der Waals surface area contributed by atoms with Gasteiger partial charge in [-0.05, 0) is 24.1 Å². The van der Waals surface area contributed by atoms with E-state index in [-0.39, 0.29) is 6.42 Å². The van der Waals surface area contributed by atoms with Crippen LogP contribution >= 0.6 is 0 Å². The lowest BCUT2D eigenvalue weighted by atomic mass is 10.1. The lowest BCUT2D eigenvalue weighted by Gasteiger charge is -2.08. The minimum Gasteiger partial charge on any atom is -0.481 e. The molecule has 1 aromatic rings. The first-order valence-electron chi connectivity index (χ1n) is 5.51. The van der Waals surface area contributed by atoms with Crippen LogP contribution in [0.1, 0.15) is 18.9 Å². The van der Waals surface area contributed by atoms with Crippen molar-refractivity contribution in [1.82, 2.24) is 4.72 Å². The molecule has 0 saturated carbocycles. The van der Waals surface area contributed by atoms with Crippen LogP contribution in [0.4, 0.5) is 5.69 Å². The number of hydrogen-bond donors (Lipinski definition) is 3. The molecule has 1 rings (SSSR count). The Morgan fingerprint density at radius 1 is 1.28 bits per heavy atom. The highest BCUT2D eigenvalue weighted by Crippen LogP contribution is 2.11. The van der Waals surface area contributed by atoms with Gasteiger partial charge in [0.15, 0.2) is 0 Å². The van der Waals surface area contributed by atoms with Crippen LogP contribution in [-0.2, 0) is 21.4 Å². The molecule has 0 bridgehead atoms. The van der Waals surface area contributed by atoms with E-state index >= 15 is 0 Å². The standard InChI is InChI=1S/C11H16N2O4S/c1-2-7-12-18(16,17)13-10-5-3-9(4-6-10)8-11(14)15/h3-6,12-13H,2,7-8H2,1H3,(H,14,15). The molecule has 0 atom stereocenters. The molecule has 0 radical (unpaired) electrons. The highest BCUT2D eigenvalue weighted by molar-refractivity contribution is 7.90. The first kappa shape index (κ1) is 14.5. The van der Waals surface area contributed by atoms with Crippen molar-refractivity contribution in [2.24, 2.45) is 0 Å². The van der Waals surface area contributed by atoms with E-state index in [1.54, 1.807) is 12.1 Å². The molecule has 18 heavy (non-hydrogen) atoms. The van der Waals surface area contributed by atoms with Crippen LogP contribution in [0.2, 0.25) is 0 Å². The third-order valence-corrected chi connectivity index (χ3v) is 3.19. The molecular weight excluding hydrogens is 256 g/mol. The number of carboxylic acids is 1. The molecule has 0 unspecified atom stereocenters. The van der Waals surface area contributed by atoms with Crippen molar-refractivity contribution in [3.05, 3.63) is 29.8 Å². The number of carbonyl (C=O) groups is 1. The van der Waals surface area contributed by atoms with Crippen LogP contribution in [0.5, 0.6) is 0 Å². The second kappa shape index (κ2) is 6.36. The molecule has 0 aromatic heterocycles. The molecular formula is C11H16N2O4S. The number of rotatable bonds is 7. The molecule has 3 N–H and O–H groups in total. The summed E-state index contributed by atoms with van der Waals surface area (Å²) < 4.78 is 27.7. The molecule has 0 spiro atoms. The number of hydrogen-bond acceptors (Lipinski definition) is 3. The monoisotopic (exact) mass is 272 g/mol. The Balaban J connectivity index is 2.66. The van der Waals surface area contributed by atoms with Crippen molar-refractivity contribution >= 4 is 21.9 Å².